The third kappa shape index (κ3) is 7.08. The molecule has 0 aliphatic carbocycles. The van der Waals surface area contributed by atoms with E-state index in [4.69, 9.17) is 21.1 Å². The molecule has 0 saturated carbocycles. The molecule has 0 heterocycles. The number of benzene rings is 3. The van der Waals surface area contributed by atoms with Crippen molar-refractivity contribution in [2.45, 2.75) is 33.4 Å². The minimum Gasteiger partial charge on any atom is -0.445 e. The maximum Gasteiger partial charge on any atom is 0.408 e. The van der Waals surface area contributed by atoms with Crippen LogP contribution in [0.4, 0.5) is 10.5 Å². The van der Waals surface area contributed by atoms with Gasteiger partial charge in [0.25, 0.3) is 5.91 Å². The van der Waals surface area contributed by atoms with E-state index in [2.05, 4.69) is 10.6 Å². The molecule has 0 aromatic heterocycles. The Labute approximate surface area is 203 Å². The molecule has 2 N–H and O–H groups in total. The quantitative estimate of drug-likeness (QED) is 0.347. The number of amides is 2. The van der Waals surface area contributed by atoms with Gasteiger partial charge < -0.3 is 20.1 Å². The highest BCUT2D eigenvalue weighted by Crippen LogP contribution is 2.25. The number of hydrogen-bond donors (Lipinski definition) is 2. The first-order valence-electron chi connectivity index (χ1n) is 10.6. The Morgan fingerprint density at radius 2 is 1.53 bits per heavy atom. The average Bonchev–Trinajstić information content (AvgIpc) is 2.80. The van der Waals surface area contributed by atoms with Gasteiger partial charge in [-0.05, 0) is 50.6 Å². The molecule has 0 saturated heterocycles. The molecule has 0 aliphatic heterocycles. The zero-order valence-electron chi connectivity index (χ0n) is 19.1. The third-order valence-electron chi connectivity index (χ3n) is 4.89. The van der Waals surface area contributed by atoms with Crippen molar-refractivity contribution in [1.82, 2.24) is 5.32 Å². The molecule has 0 radical (unpaired) electrons. The normalized spacial score (nSPS) is 11.3. The number of aryl methyl sites for hydroxylation is 2. The van der Waals surface area contributed by atoms with Crippen LogP contribution in [-0.4, -0.2) is 24.0 Å². The van der Waals surface area contributed by atoms with Gasteiger partial charge in [-0.1, -0.05) is 59.1 Å². The van der Waals surface area contributed by atoms with E-state index in [1.54, 1.807) is 12.1 Å². The molecule has 8 heteroatoms. The molecule has 7 nitrogen and oxygen atoms in total. The SMILES string of the molecule is Cc1ccc(COC(=O)N[C@@H](C)C(=O)Oc2cc(Cl)ccc2C(=O)Nc2ccc(C)cc2)cc1. The number of rotatable bonds is 7. The Balaban J connectivity index is 1.61. The van der Waals surface area contributed by atoms with Gasteiger partial charge in [0.2, 0.25) is 0 Å². The van der Waals surface area contributed by atoms with Crippen molar-refractivity contribution in [3.05, 3.63) is 94.0 Å². The molecule has 3 aromatic rings. The molecule has 3 rings (SSSR count). The van der Waals surface area contributed by atoms with Gasteiger partial charge in [0.05, 0.1) is 5.56 Å². The number of anilines is 1. The fourth-order valence-electron chi connectivity index (χ4n) is 2.91. The molecule has 0 spiro atoms. The van der Waals surface area contributed by atoms with Gasteiger partial charge >= 0.3 is 12.1 Å². The molecule has 0 fully saturated rings. The van der Waals surface area contributed by atoms with E-state index in [-0.39, 0.29) is 22.9 Å². The molecular formula is C26H25ClN2O5. The standard InChI is InChI=1S/C26H25ClN2O5/c1-16-4-8-19(9-5-16)15-33-26(32)28-18(3)25(31)34-23-14-20(27)10-13-22(23)24(30)29-21-11-6-17(2)7-12-21/h4-14,18H,15H2,1-3H3,(H,28,32)(H,29,30)/t18-/m0/s1. The molecule has 0 aliphatic rings. The summed E-state index contributed by atoms with van der Waals surface area (Å²) in [6, 6.07) is 18.1. The Morgan fingerprint density at radius 1 is 0.912 bits per heavy atom. The number of carbonyl (C=O) groups is 3. The lowest BCUT2D eigenvalue weighted by molar-refractivity contribution is -0.136. The first kappa shape index (κ1) is 24.8. The van der Waals surface area contributed by atoms with Crippen LogP contribution in [0, 0.1) is 13.8 Å². The maximum atomic E-state index is 12.8. The van der Waals surface area contributed by atoms with E-state index < -0.39 is 24.0 Å². The summed E-state index contributed by atoms with van der Waals surface area (Å²) in [5, 5.41) is 5.46. The van der Waals surface area contributed by atoms with Crippen LogP contribution in [0.5, 0.6) is 5.75 Å². The predicted molar refractivity (Wildman–Crippen MR) is 130 cm³/mol. The average molecular weight is 481 g/mol. The second-order valence-corrected chi connectivity index (χ2v) is 8.25. The van der Waals surface area contributed by atoms with Gasteiger partial charge in [0.15, 0.2) is 0 Å². The van der Waals surface area contributed by atoms with Crippen LogP contribution in [0.2, 0.25) is 5.02 Å². The Morgan fingerprint density at radius 3 is 2.18 bits per heavy atom. The highest BCUT2D eigenvalue weighted by atomic mass is 35.5. The van der Waals surface area contributed by atoms with Crippen LogP contribution in [-0.2, 0) is 16.1 Å². The largest absolute Gasteiger partial charge is 0.445 e. The van der Waals surface area contributed by atoms with Crippen LogP contribution in [0.25, 0.3) is 0 Å². The zero-order valence-corrected chi connectivity index (χ0v) is 19.8. The highest BCUT2D eigenvalue weighted by Gasteiger charge is 2.22. The molecule has 176 valence electrons. The molecule has 1 atom stereocenters. The number of alkyl carbamates (subject to hydrolysis) is 1. The fraction of sp³-hybridized carbons (Fsp3) is 0.192. The topological polar surface area (TPSA) is 93.7 Å². The van der Waals surface area contributed by atoms with Gasteiger partial charge in [-0.2, -0.15) is 0 Å². The third-order valence-corrected chi connectivity index (χ3v) is 5.12. The lowest BCUT2D eigenvalue weighted by Crippen LogP contribution is -2.41. The monoisotopic (exact) mass is 480 g/mol. The number of esters is 1. The first-order valence-corrected chi connectivity index (χ1v) is 11.0. The smallest absolute Gasteiger partial charge is 0.408 e. The number of carbonyl (C=O) groups excluding carboxylic acids is 3. The molecule has 2 amide bonds. The minimum atomic E-state index is -1.03. The Bertz CT molecular complexity index is 1180. The lowest BCUT2D eigenvalue weighted by Gasteiger charge is -2.15. The second-order valence-electron chi connectivity index (χ2n) is 7.81. The van der Waals surface area contributed by atoms with Crippen molar-refractivity contribution in [2.75, 3.05) is 5.32 Å². The van der Waals surface area contributed by atoms with Gasteiger partial charge in [0.1, 0.15) is 18.4 Å². The summed E-state index contributed by atoms with van der Waals surface area (Å²) in [5.41, 5.74) is 3.68. The van der Waals surface area contributed by atoms with Crippen molar-refractivity contribution >= 4 is 35.3 Å². The Kier molecular flexibility index (Phi) is 8.27. The summed E-state index contributed by atoms with van der Waals surface area (Å²) < 4.78 is 10.5. The predicted octanol–water partition coefficient (Wildman–Crippen LogP) is 5.43. The van der Waals surface area contributed by atoms with Crippen molar-refractivity contribution < 1.29 is 23.9 Å². The maximum absolute atomic E-state index is 12.8. The van der Waals surface area contributed by atoms with E-state index in [0.29, 0.717) is 5.69 Å². The van der Waals surface area contributed by atoms with E-state index >= 15 is 0 Å². The van der Waals surface area contributed by atoms with Crippen molar-refractivity contribution in [3.63, 3.8) is 0 Å². The summed E-state index contributed by atoms with van der Waals surface area (Å²) in [6.07, 6.45) is -0.770. The summed E-state index contributed by atoms with van der Waals surface area (Å²) >= 11 is 6.04. The van der Waals surface area contributed by atoms with Crippen LogP contribution < -0.4 is 15.4 Å². The van der Waals surface area contributed by atoms with Gasteiger partial charge in [0, 0.05) is 16.8 Å². The summed E-state index contributed by atoms with van der Waals surface area (Å²) in [7, 11) is 0. The summed E-state index contributed by atoms with van der Waals surface area (Å²) in [5.74, 6) is -1.27. The van der Waals surface area contributed by atoms with Gasteiger partial charge in [-0.25, -0.2) is 9.59 Å². The van der Waals surface area contributed by atoms with Crippen molar-refractivity contribution in [2.24, 2.45) is 0 Å². The molecule has 3 aromatic carbocycles. The zero-order chi connectivity index (χ0) is 24.7. The van der Waals surface area contributed by atoms with Crippen molar-refractivity contribution in [1.29, 1.82) is 0 Å². The number of nitrogens with one attached hydrogen (secondary N) is 2. The first-order chi connectivity index (χ1) is 16.2. The van der Waals surface area contributed by atoms with Gasteiger partial charge in [-0.3, -0.25) is 4.79 Å². The van der Waals surface area contributed by atoms with Crippen LogP contribution in [0.15, 0.2) is 66.7 Å². The minimum absolute atomic E-state index is 0.0243. The van der Waals surface area contributed by atoms with Gasteiger partial charge in [-0.15, -0.1) is 0 Å². The summed E-state index contributed by atoms with van der Waals surface area (Å²) in [6.45, 7) is 5.41. The van der Waals surface area contributed by atoms with E-state index in [0.717, 1.165) is 16.7 Å². The molecule has 0 bridgehead atoms. The number of ether oxygens (including phenoxy) is 2. The number of hydrogen-bond acceptors (Lipinski definition) is 5. The fourth-order valence-corrected chi connectivity index (χ4v) is 3.07. The second kappa shape index (κ2) is 11.3. The summed E-state index contributed by atoms with van der Waals surface area (Å²) in [4.78, 5) is 37.4. The van der Waals surface area contributed by atoms with Crippen LogP contribution in [0.1, 0.15) is 34.0 Å². The van der Waals surface area contributed by atoms with Crippen LogP contribution >= 0.6 is 11.6 Å². The lowest BCUT2D eigenvalue weighted by atomic mass is 10.1. The molecular weight excluding hydrogens is 456 g/mol. The van der Waals surface area contributed by atoms with E-state index in [1.165, 1.54) is 25.1 Å². The van der Waals surface area contributed by atoms with E-state index in [1.807, 2.05) is 50.2 Å². The Hall–Kier alpha value is -3.84. The van der Waals surface area contributed by atoms with E-state index in [9.17, 15) is 14.4 Å². The molecule has 0 unspecified atom stereocenters. The van der Waals surface area contributed by atoms with Crippen molar-refractivity contribution in [3.8, 4) is 5.75 Å². The molecule has 34 heavy (non-hydrogen) atoms. The highest BCUT2D eigenvalue weighted by molar-refractivity contribution is 6.31. The number of halogens is 1. The van der Waals surface area contributed by atoms with Crippen LogP contribution in [0.3, 0.4) is 0 Å².